The molecule has 0 bridgehead atoms. The summed E-state index contributed by atoms with van der Waals surface area (Å²) in [6.45, 7) is 0.615. The highest BCUT2D eigenvalue weighted by molar-refractivity contribution is 9.10. The van der Waals surface area contributed by atoms with Crippen molar-refractivity contribution in [3.05, 3.63) is 51.7 Å². The van der Waals surface area contributed by atoms with Crippen LogP contribution in [0.2, 0.25) is 5.02 Å². The van der Waals surface area contributed by atoms with Crippen LogP contribution in [0.3, 0.4) is 0 Å². The van der Waals surface area contributed by atoms with Gasteiger partial charge in [0.2, 0.25) is 0 Å². The molecule has 0 atom stereocenters. The summed E-state index contributed by atoms with van der Waals surface area (Å²) >= 11 is 9.44. The Morgan fingerprint density at radius 1 is 1.39 bits per heavy atom. The Labute approximate surface area is 119 Å². The molecule has 0 aliphatic carbocycles. The van der Waals surface area contributed by atoms with Gasteiger partial charge in [0.05, 0.1) is 29.5 Å². The maximum atomic E-state index is 6.02. The Hall–Kier alpha value is -1.26. The van der Waals surface area contributed by atoms with E-state index in [1.54, 1.807) is 19.4 Å². The number of rotatable bonds is 4. The Morgan fingerprint density at radius 2 is 2.22 bits per heavy atom. The number of hydrogen-bond donors (Lipinski definition) is 1. The molecule has 0 amide bonds. The molecule has 18 heavy (non-hydrogen) atoms. The zero-order valence-corrected chi connectivity index (χ0v) is 12.1. The number of pyridine rings is 1. The second-order valence-electron chi connectivity index (χ2n) is 3.64. The van der Waals surface area contributed by atoms with Crippen LogP contribution in [0.25, 0.3) is 0 Å². The van der Waals surface area contributed by atoms with Gasteiger partial charge in [-0.05, 0) is 40.2 Å². The lowest BCUT2D eigenvalue weighted by atomic mass is 10.2. The molecule has 2 rings (SSSR count). The van der Waals surface area contributed by atoms with Gasteiger partial charge in [-0.3, -0.25) is 4.98 Å². The van der Waals surface area contributed by atoms with Crippen molar-refractivity contribution in [3.63, 3.8) is 0 Å². The van der Waals surface area contributed by atoms with Crippen LogP contribution < -0.4 is 10.1 Å². The fourth-order valence-electron chi connectivity index (χ4n) is 1.59. The average Bonchev–Trinajstić information content (AvgIpc) is 2.37. The van der Waals surface area contributed by atoms with E-state index in [0.29, 0.717) is 11.6 Å². The van der Waals surface area contributed by atoms with Gasteiger partial charge in [-0.1, -0.05) is 17.7 Å². The van der Waals surface area contributed by atoms with Gasteiger partial charge in [-0.2, -0.15) is 0 Å². The summed E-state index contributed by atoms with van der Waals surface area (Å²) in [5.74, 6) is 0.732. The standard InChI is InChI=1S/C13H12BrClN2O/c1-18-13-11(14)6-9(15)7-12(13)17-8-10-4-2-3-5-16-10/h2-7,17H,8H2,1H3. The normalized spacial score (nSPS) is 10.2. The third-order valence-electron chi connectivity index (χ3n) is 2.40. The number of nitrogens with zero attached hydrogens (tertiary/aromatic N) is 1. The zero-order valence-electron chi connectivity index (χ0n) is 9.78. The van der Waals surface area contributed by atoms with Crippen molar-refractivity contribution >= 4 is 33.2 Å². The third kappa shape index (κ3) is 3.15. The molecule has 0 aliphatic rings. The Balaban J connectivity index is 2.18. The molecule has 0 fully saturated rings. The fraction of sp³-hybridized carbons (Fsp3) is 0.154. The predicted octanol–water partition coefficient (Wildman–Crippen LogP) is 4.12. The molecule has 1 heterocycles. The molecule has 2 aromatic rings. The van der Waals surface area contributed by atoms with E-state index in [4.69, 9.17) is 16.3 Å². The quantitative estimate of drug-likeness (QED) is 0.917. The van der Waals surface area contributed by atoms with Crippen molar-refractivity contribution in [3.8, 4) is 5.75 Å². The van der Waals surface area contributed by atoms with Crippen molar-refractivity contribution in [2.24, 2.45) is 0 Å². The number of halogens is 2. The van der Waals surface area contributed by atoms with Crippen LogP contribution >= 0.6 is 27.5 Å². The lowest BCUT2D eigenvalue weighted by Gasteiger charge is -2.13. The first kappa shape index (κ1) is 13.2. The van der Waals surface area contributed by atoms with Gasteiger partial charge in [0.1, 0.15) is 0 Å². The first-order valence-corrected chi connectivity index (χ1v) is 6.54. The summed E-state index contributed by atoms with van der Waals surface area (Å²) in [4.78, 5) is 4.25. The summed E-state index contributed by atoms with van der Waals surface area (Å²) in [6, 6.07) is 9.43. The van der Waals surface area contributed by atoms with Crippen LogP contribution in [0.15, 0.2) is 41.0 Å². The van der Waals surface area contributed by atoms with Crippen molar-refractivity contribution in [1.29, 1.82) is 0 Å². The van der Waals surface area contributed by atoms with Crippen LogP contribution in [0, 0.1) is 0 Å². The lowest BCUT2D eigenvalue weighted by Crippen LogP contribution is -2.03. The zero-order chi connectivity index (χ0) is 13.0. The SMILES string of the molecule is COc1c(Br)cc(Cl)cc1NCc1ccccn1. The number of benzene rings is 1. The molecule has 0 saturated carbocycles. The molecule has 1 aromatic carbocycles. The molecule has 5 heteroatoms. The number of aromatic nitrogens is 1. The largest absolute Gasteiger partial charge is 0.493 e. The highest BCUT2D eigenvalue weighted by Crippen LogP contribution is 2.36. The van der Waals surface area contributed by atoms with Crippen LogP contribution in [-0.4, -0.2) is 12.1 Å². The smallest absolute Gasteiger partial charge is 0.156 e. The van der Waals surface area contributed by atoms with E-state index in [0.717, 1.165) is 21.6 Å². The van der Waals surface area contributed by atoms with Crippen LogP contribution in [-0.2, 0) is 6.54 Å². The first-order chi connectivity index (χ1) is 8.70. The third-order valence-corrected chi connectivity index (χ3v) is 3.21. The molecular weight excluding hydrogens is 316 g/mol. The second kappa shape index (κ2) is 6.07. The molecular formula is C13H12BrClN2O. The van der Waals surface area contributed by atoms with E-state index >= 15 is 0 Å². The predicted molar refractivity (Wildman–Crippen MR) is 77.3 cm³/mol. The van der Waals surface area contributed by atoms with Gasteiger partial charge in [0.25, 0.3) is 0 Å². The number of nitrogens with one attached hydrogen (secondary N) is 1. The van der Waals surface area contributed by atoms with E-state index in [-0.39, 0.29) is 0 Å². The maximum Gasteiger partial charge on any atom is 0.156 e. The van der Waals surface area contributed by atoms with Crippen molar-refractivity contribution in [2.75, 3.05) is 12.4 Å². The first-order valence-electron chi connectivity index (χ1n) is 5.37. The van der Waals surface area contributed by atoms with E-state index in [1.165, 1.54) is 0 Å². The maximum absolute atomic E-state index is 6.02. The summed E-state index contributed by atoms with van der Waals surface area (Å²) in [5.41, 5.74) is 1.79. The molecule has 94 valence electrons. The molecule has 0 spiro atoms. The molecule has 0 aliphatic heterocycles. The number of ether oxygens (including phenoxy) is 1. The molecule has 0 radical (unpaired) electrons. The topological polar surface area (TPSA) is 34.1 Å². The van der Waals surface area contributed by atoms with Gasteiger partial charge in [0, 0.05) is 11.2 Å². The number of methoxy groups -OCH3 is 1. The molecule has 3 nitrogen and oxygen atoms in total. The molecule has 0 saturated heterocycles. The van der Waals surface area contributed by atoms with E-state index in [9.17, 15) is 0 Å². The van der Waals surface area contributed by atoms with Gasteiger partial charge in [-0.25, -0.2) is 0 Å². The van der Waals surface area contributed by atoms with Gasteiger partial charge < -0.3 is 10.1 Å². The van der Waals surface area contributed by atoms with Gasteiger partial charge >= 0.3 is 0 Å². The van der Waals surface area contributed by atoms with Crippen LogP contribution in [0.5, 0.6) is 5.75 Å². The summed E-state index contributed by atoms with van der Waals surface area (Å²) in [5, 5.41) is 3.90. The fourth-order valence-corrected chi connectivity index (χ4v) is 2.56. The van der Waals surface area contributed by atoms with E-state index < -0.39 is 0 Å². The minimum atomic E-state index is 0.615. The Morgan fingerprint density at radius 3 is 2.89 bits per heavy atom. The summed E-state index contributed by atoms with van der Waals surface area (Å²) in [7, 11) is 1.62. The molecule has 1 aromatic heterocycles. The van der Waals surface area contributed by atoms with Crippen LogP contribution in [0.4, 0.5) is 5.69 Å². The Kier molecular flexibility index (Phi) is 4.44. The van der Waals surface area contributed by atoms with Crippen molar-refractivity contribution in [2.45, 2.75) is 6.54 Å². The second-order valence-corrected chi connectivity index (χ2v) is 4.93. The highest BCUT2D eigenvalue weighted by Gasteiger charge is 2.09. The summed E-state index contributed by atoms with van der Waals surface area (Å²) < 4.78 is 6.15. The minimum Gasteiger partial charge on any atom is -0.493 e. The average molecular weight is 328 g/mol. The number of anilines is 1. The molecule has 0 unspecified atom stereocenters. The monoisotopic (exact) mass is 326 g/mol. The summed E-state index contributed by atoms with van der Waals surface area (Å²) in [6.07, 6.45) is 1.77. The van der Waals surface area contributed by atoms with Crippen molar-refractivity contribution < 1.29 is 4.74 Å². The lowest BCUT2D eigenvalue weighted by molar-refractivity contribution is 0.414. The van der Waals surface area contributed by atoms with Gasteiger partial charge in [-0.15, -0.1) is 0 Å². The minimum absolute atomic E-state index is 0.615. The number of hydrogen-bond acceptors (Lipinski definition) is 3. The van der Waals surface area contributed by atoms with Crippen molar-refractivity contribution in [1.82, 2.24) is 4.98 Å². The van der Waals surface area contributed by atoms with Gasteiger partial charge in [0.15, 0.2) is 5.75 Å². The highest BCUT2D eigenvalue weighted by atomic mass is 79.9. The Bertz CT molecular complexity index is 534. The van der Waals surface area contributed by atoms with Crippen LogP contribution in [0.1, 0.15) is 5.69 Å². The van der Waals surface area contributed by atoms with E-state index in [1.807, 2.05) is 24.3 Å². The van der Waals surface area contributed by atoms with E-state index in [2.05, 4.69) is 26.2 Å². The molecule has 1 N–H and O–H groups in total.